The van der Waals surface area contributed by atoms with E-state index in [2.05, 4.69) is 16.8 Å². The van der Waals surface area contributed by atoms with E-state index in [4.69, 9.17) is 10.2 Å². The van der Waals surface area contributed by atoms with Crippen LogP contribution in [0.3, 0.4) is 0 Å². The van der Waals surface area contributed by atoms with Crippen molar-refractivity contribution < 1.29 is 22.4 Å². The first-order valence-corrected chi connectivity index (χ1v) is 7.80. The third kappa shape index (κ3) is 3.62. The minimum absolute atomic E-state index is 0.0637. The molecule has 3 aromatic rings. The number of nitrogens with zero attached hydrogens (tertiary/aromatic N) is 3. The molecule has 2 aromatic heterocycles. The highest BCUT2D eigenvalue weighted by molar-refractivity contribution is 5.98. The maximum Gasteiger partial charge on any atom is 0.408 e. The molecule has 0 saturated heterocycles. The molecule has 0 fully saturated rings. The molecule has 0 aliphatic heterocycles. The maximum atomic E-state index is 13.0. The Morgan fingerprint density at radius 1 is 1.41 bits per heavy atom. The van der Waals surface area contributed by atoms with E-state index < -0.39 is 18.6 Å². The van der Waals surface area contributed by atoms with Crippen molar-refractivity contribution in [3.05, 3.63) is 47.5 Å². The lowest BCUT2D eigenvalue weighted by atomic mass is 10.1. The Morgan fingerprint density at radius 2 is 2.11 bits per heavy atom. The van der Waals surface area contributed by atoms with Crippen LogP contribution in [0.2, 0.25) is 0 Å². The van der Waals surface area contributed by atoms with Gasteiger partial charge in [0.25, 0.3) is 5.91 Å². The SMILES string of the molecule is C=N/C(=C\c1c(C)c(-c2coc3ccccc23)nn1CC(F)(F)F)C(N)=O. The van der Waals surface area contributed by atoms with E-state index in [0.717, 1.165) is 10.8 Å². The van der Waals surface area contributed by atoms with Crippen molar-refractivity contribution in [3.8, 4) is 11.3 Å². The number of hydrogen-bond donors (Lipinski definition) is 1. The highest BCUT2D eigenvalue weighted by Gasteiger charge is 2.31. The summed E-state index contributed by atoms with van der Waals surface area (Å²) >= 11 is 0. The van der Waals surface area contributed by atoms with E-state index in [1.165, 1.54) is 6.26 Å². The first-order valence-electron chi connectivity index (χ1n) is 7.80. The summed E-state index contributed by atoms with van der Waals surface area (Å²) in [7, 11) is 0. The Bertz CT molecular complexity index is 1060. The number of primary amides is 1. The third-order valence-corrected chi connectivity index (χ3v) is 4.00. The van der Waals surface area contributed by atoms with Crippen LogP contribution in [0.1, 0.15) is 11.3 Å². The van der Waals surface area contributed by atoms with E-state index in [0.29, 0.717) is 27.8 Å². The molecule has 2 heterocycles. The van der Waals surface area contributed by atoms with Gasteiger partial charge in [0.1, 0.15) is 24.1 Å². The van der Waals surface area contributed by atoms with Crippen molar-refractivity contribution in [2.24, 2.45) is 10.7 Å². The Labute approximate surface area is 151 Å². The molecule has 0 saturated carbocycles. The van der Waals surface area contributed by atoms with Gasteiger partial charge in [0.2, 0.25) is 0 Å². The lowest BCUT2D eigenvalue weighted by Gasteiger charge is -2.09. The summed E-state index contributed by atoms with van der Waals surface area (Å²) in [6.07, 6.45) is -1.92. The number of aromatic nitrogens is 2. The van der Waals surface area contributed by atoms with Gasteiger partial charge >= 0.3 is 6.18 Å². The molecule has 0 bridgehead atoms. The Balaban J connectivity index is 2.23. The summed E-state index contributed by atoms with van der Waals surface area (Å²) in [6, 6.07) is 7.10. The van der Waals surface area contributed by atoms with Crippen LogP contribution in [0.25, 0.3) is 28.3 Å². The molecule has 1 aromatic carbocycles. The van der Waals surface area contributed by atoms with Crippen LogP contribution >= 0.6 is 0 Å². The van der Waals surface area contributed by atoms with E-state index in [9.17, 15) is 18.0 Å². The number of rotatable bonds is 5. The number of benzene rings is 1. The lowest BCUT2D eigenvalue weighted by Crippen LogP contribution is -2.20. The summed E-state index contributed by atoms with van der Waals surface area (Å²) in [5, 5.41) is 4.83. The summed E-state index contributed by atoms with van der Waals surface area (Å²) in [5.74, 6) is -0.903. The molecule has 1 amide bonds. The molecule has 9 heteroatoms. The van der Waals surface area contributed by atoms with Gasteiger partial charge in [0.15, 0.2) is 0 Å². The average Bonchev–Trinajstić information content (AvgIpc) is 3.13. The number of hydrogen-bond acceptors (Lipinski definition) is 4. The number of carbonyl (C=O) groups excluding carboxylic acids is 1. The normalized spacial score (nSPS) is 12.5. The first-order chi connectivity index (χ1) is 12.7. The summed E-state index contributed by atoms with van der Waals surface area (Å²) in [4.78, 5) is 14.9. The van der Waals surface area contributed by atoms with Crippen molar-refractivity contribution in [1.29, 1.82) is 0 Å². The van der Waals surface area contributed by atoms with E-state index >= 15 is 0 Å². The number of halogens is 3. The third-order valence-electron chi connectivity index (χ3n) is 4.00. The highest BCUT2D eigenvalue weighted by atomic mass is 19.4. The van der Waals surface area contributed by atoms with Crippen molar-refractivity contribution in [3.63, 3.8) is 0 Å². The van der Waals surface area contributed by atoms with E-state index in [1.54, 1.807) is 31.2 Å². The van der Waals surface area contributed by atoms with Crippen molar-refractivity contribution in [2.45, 2.75) is 19.6 Å². The van der Waals surface area contributed by atoms with Crippen LogP contribution in [-0.2, 0) is 11.3 Å². The molecule has 140 valence electrons. The van der Waals surface area contributed by atoms with Crippen molar-refractivity contribution in [2.75, 3.05) is 0 Å². The molecule has 0 aliphatic rings. The standard InChI is InChI=1S/C18H15F3N4O2/c1-10-14(7-13(23-2)17(22)26)25(9-18(19,20)21)24-16(10)12-8-27-15-6-4-3-5-11(12)15/h3-8H,2,9H2,1H3,(H2,22,26)/b13-7-. The molecule has 3 rings (SSSR count). The van der Waals surface area contributed by atoms with Crippen LogP contribution < -0.4 is 5.73 Å². The zero-order valence-corrected chi connectivity index (χ0v) is 14.2. The molecule has 0 radical (unpaired) electrons. The molecular formula is C18H15F3N4O2. The molecule has 0 atom stereocenters. The lowest BCUT2D eigenvalue weighted by molar-refractivity contribution is -0.142. The van der Waals surface area contributed by atoms with Gasteiger partial charge in [0, 0.05) is 16.5 Å². The molecular weight excluding hydrogens is 361 g/mol. The van der Waals surface area contributed by atoms with Gasteiger partial charge in [-0.05, 0) is 25.8 Å². The van der Waals surface area contributed by atoms with Crippen LogP contribution in [0.5, 0.6) is 0 Å². The molecule has 27 heavy (non-hydrogen) atoms. The topological polar surface area (TPSA) is 86.4 Å². The zero-order chi connectivity index (χ0) is 19.8. The second-order valence-corrected chi connectivity index (χ2v) is 5.83. The number of fused-ring (bicyclic) bond motifs is 1. The van der Waals surface area contributed by atoms with Gasteiger partial charge in [0.05, 0.1) is 11.4 Å². The summed E-state index contributed by atoms with van der Waals surface area (Å²) in [5.41, 5.74) is 6.86. The number of carbonyl (C=O) groups is 1. The maximum absolute atomic E-state index is 13.0. The number of para-hydroxylation sites is 1. The number of furan rings is 1. The fourth-order valence-corrected chi connectivity index (χ4v) is 2.78. The monoisotopic (exact) mass is 376 g/mol. The van der Waals surface area contributed by atoms with Crippen LogP contribution in [-0.4, -0.2) is 28.6 Å². The number of nitrogens with two attached hydrogens (primary N) is 1. The van der Waals surface area contributed by atoms with E-state index in [-0.39, 0.29) is 11.4 Å². The van der Waals surface area contributed by atoms with Crippen LogP contribution in [0.4, 0.5) is 13.2 Å². The number of amides is 1. The number of alkyl halides is 3. The number of aliphatic imine (C=N–C) groups is 1. The molecule has 0 spiro atoms. The van der Waals surface area contributed by atoms with Gasteiger partial charge in [-0.1, -0.05) is 18.2 Å². The fraction of sp³-hybridized carbons (Fsp3) is 0.167. The fourth-order valence-electron chi connectivity index (χ4n) is 2.78. The minimum atomic E-state index is -4.51. The highest BCUT2D eigenvalue weighted by Crippen LogP contribution is 2.34. The first kappa shape index (κ1) is 18.4. The summed E-state index contributed by atoms with van der Waals surface area (Å²) in [6.45, 7) is 3.49. The van der Waals surface area contributed by atoms with Gasteiger partial charge in [-0.15, -0.1) is 0 Å². The van der Waals surface area contributed by atoms with Gasteiger partial charge < -0.3 is 10.2 Å². The minimum Gasteiger partial charge on any atom is -0.464 e. The second kappa shape index (κ2) is 6.75. The van der Waals surface area contributed by atoms with Crippen LogP contribution in [0, 0.1) is 6.92 Å². The quantitative estimate of drug-likeness (QED) is 0.544. The summed E-state index contributed by atoms with van der Waals surface area (Å²) < 4.78 is 45.2. The predicted molar refractivity (Wildman–Crippen MR) is 94.9 cm³/mol. The van der Waals surface area contributed by atoms with Crippen molar-refractivity contribution in [1.82, 2.24) is 9.78 Å². The molecule has 2 N–H and O–H groups in total. The predicted octanol–water partition coefficient (Wildman–Crippen LogP) is 3.69. The van der Waals surface area contributed by atoms with Gasteiger partial charge in [-0.3, -0.25) is 14.5 Å². The zero-order valence-electron chi connectivity index (χ0n) is 14.2. The molecule has 0 aliphatic carbocycles. The largest absolute Gasteiger partial charge is 0.464 e. The van der Waals surface area contributed by atoms with Crippen LogP contribution in [0.15, 0.2) is 45.6 Å². The average molecular weight is 376 g/mol. The smallest absolute Gasteiger partial charge is 0.408 e. The van der Waals surface area contributed by atoms with Gasteiger partial charge in [-0.25, -0.2) is 0 Å². The van der Waals surface area contributed by atoms with Gasteiger partial charge in [-0.2, -0.15) is 18.3 Å². The Kier molecular flexibility index (Phi) is 4.61. The Hall–Kier alpha value is -3.36. The molecule has 0 unspecified atom stereocenters. The second-order valence-electron chi connectivity index (χ2n) is 5.83. The van der Waals surface area contributed by atoms with Crippen molar-refractivity contribution >= 4 is 29.7 Å². The molecule has 6 nitrogen and oxygen atoms in total. The Morgan fingerprint density at radius 3 is 2.74 bits per heavy atom. The van der Waals surface area contributed by atoms with E-state index in [1.807, 2.05) is 0 Å².